The van der Waals surface area contributed by atoms with E-state index in [0.717, 1.165) is 5.56 Å². The van der Waals surface area contributed by atoms with E-state index in [9.17, 15) is 14.5 Å². The van der Waals surface area contributed by atoms with Crippen LogP contribution >= 0.6 is 0 Å². The lowest BCUT2D eigenvalue weighted by molar-refractivity contribution is -0.389. The normalized spacial score (nSPS) is 16.3. The van der Waals surface area contributed by atoms with Gasteiger partial charge in [-0.2, -0.15) is 0 Å². The van der Waals surface area contributed by atoms with Crippen molar-refractivity contribution in [2.75, 3.05) is 13.5 Å². The number of fused-ring (bicyclic) bond motifs is 1. The van der Waals surface area contributed by atoms with E-state index in [2.05, 4.69) is 10.1 Å². The molecule has 2 aromatic heterocycles. The number of benzene rings is 2. The molecule has 12 heteroatoms. The van der Waals surface area contributed by atoms with E-state index in [0.29, 0.717) is 35.2 Å². The van der Waals surface area contributed by atoms with Gasteiger partial charge < -0.3 is 33.6 Å². The molecule has 1 atom stereocenters. The molecule has 0 saturated carbocycles. The first-order chi connectivity index (χ1) is 17.4. The summed E-state index contributed by atoms with van der Waals surface area (Å²) in [6, 6.07) is 15.9. The number of ether oxygens (including phenoxy) is 4. The summed E-state index contributed by atoms with van der Waals surface area (Å²) in [4.78, 5) is 14.2. The molecule has 0 radical (unpaired) electrons. The van der Waals surface area contributed by atoms with Gasteiger partial charge in [0.05, 0.1) is 6.54 Å². The van der Waals surface area contributed by atoms with E-state index in [1.165, 1.54) is 6.20 Å². The standard InChI is InChI=1S/C24H21FN4O7/c1-24(13-28-11-22(29(30)31)26-23(28)35-24)14-33-18-4-2-16(3-5-18)21-10-20(36-27-21)12-32-17-6-8-19(9-7-17)34-15-25/h2-11H,12-15H2,1H3/t24-/m1/s1. The Morgan fingerprint density at radius 2 is 1.75 bits per heavy atom. The monoisotopic (exact) mass is 496 g/mol. The van der Waals surface area contributed by atoms with Gasteiger partial charge in [-0.1, -0.05) is 5.16 Å². The summed E-state index contributed by atoms with van der Waals surface area (Å²) in [5, 5.41) is 14.9. The number of imidazole rings is 1. The summed E-state index contributed by atoms with van der Waals surface area (Å²) in [6.07, 6.45) is 1.35. The average Bonchev–Trinajstić information content (AvgIpc) is 3.57. The maximum atomic E-state index is 12.2. The zero-order valence-corrected chi connectivity index (χ0v) is 19.1. The molecule has 11 nitrogen and oxygen atoms in total. The quantitative estimate of drug-likeness (QED) is 0.229. The minimum absolute atomic E-state index is 0.177. The maximum Gasteiger partial charge on any atom is 0.415 e. The van der Waals surface area contributed by atoms with Crippen LogP contribution in [-0.4, -0.2) is 38.7 Å². The van der Waals surface area contributed by atoms with Crippen LogP contribution in [0.1, 0.15) is 12.7 Å². The zero-order valence-electron chi connectivity index (χ0n) is 19.1. The van der Waals surface area contributed by atoms with Gasteiger partial charge in [0.15, 0.2) is 11.4 Å². The van der Waals surface area contributed by atoms with Crippen LogP contribution in [0.15, 0.2) is 65.3 Å². The molecular weight excluding hydrogens is 475 g/mol. The fraction of sp³-hybridized carbons (Fsp3) is 0.250. The third-order valence-electron chi connectivity index (χ3n) is 5.44. The largest absolute Gasteiger partial charge is 0.489 e. The van der Waals surface area contributed by atoms with Gasteiger partial charge >= 0.3 is 11.8 Å². The van der Waals surface area contributed by atoms with Crippen LogP contribution in [0, 0.1) is 10.1 Å². The summed E-state index contributed by atoms with van der Waals surface area (Å²) >= 11 is 0. The van der Waals surface area contributed by atoms with Gasteiger partial charge in [-0.3, -0.25) is 4.57 Å². The van der Waals surface area contributed by atoms with Crippen molar-refractivity contribution in [1.29, 1.82) is 0 Å². The van der Waals surface area contributed by atoms with Crippen LogP contribution in [0.5, 0.6) is 23.3 Å². The van der Waals surface area contributed by atoms with Crippen molar-refractivity contribution < 1.29 is 32.8 Å². The summed E-state index contributed by atoms with van der Waals surface area (Å²) < 4.78 is 41.2. The summed E-state index contributed by atoms with van der Waals surface area (Å²) in [5.41, 5.74) is 0.781. The zero-order chi connectivity index (χ0) is 25.1. The van der Waals surface area contributed by atoms with Crippen molar-refractivity contribution in [3.05, 3.63) is 76.7 Å². The third-order valence-corrected chi connectivity index (χ3v) is 5.44. The lowest BCUT2D eigenvalue weighted by Crippen LogP contribution is -2.38. The Hall–Kier alpha value is -4.61. The number of aromatic nitrogens is 3. The van der Waals surface area contributed by atoms with Crippen LogP contribution in [0.4, 0.5) is 10.2 Å². The molecule has 1 aliphatic heterocycles. The van der Waals surface area contributed by atoms with E-state index in [1.54, 1.807) is 34.9 Å². The highest BCUT2D eigenvalue weighted by atomic mass is 19.1. The molecule has 186 valence electrons. The first-order valence-corrected chi connectivity index (χ1v) is 10.9. The van der Waals surface area contributed by atoms with E-state index >= 15 is 0 Å². The minimum atomic E-state index is -0.886. The molecule has 3 heterocycles. The molecule has 4 aromatic rings. The van der Waals surface area contributed by atoms with Gasteiger partial charge in [0.25, 0.3) is 0 Å². The number of nitrogens with zero attached hydrogens (tertiary/aromatic N) is 4. The van der Waals surface area contributed by atoms with E-state index < -0.39 is 17.4 Å². The Morgan fingerprint density at radius 1 is 1.08 bits per heavy atom. The molecule has 5 rings (SSSR count). The summed E-state index contributed by atoms with van der Waals surface area (Å²) in [7, 11) is 0. The molecule has 1 aliphatic rings. The highest BCUT2D eigenvalue weighted by molar-refractivity contribution is 5.59. The SMILES string of the molecule is C[C@]1(COc2ccc(-c3cc(COc4ccc(OCF)cc4)on3)cc2)Cn2cc([N+](=O)[O-])nc2O1. The molecule has 0 spiro atoms. The van der Waals surface area contributed by atoms with Crippen molar-refractivity contribution in [3.8, 4) is 34.5 Å². The second-order valence-corrected chi connectivity index (χ2v) is 8.32. The smallest absolute Gasteiger partial charge is 0.415 e. The Balaban J connectivity index is 1.13. The van der Waals surface area contributed by atoms with Crippen molar-refractivity contribution in [1.82, 2.24) is 14.7 Å². The van der Waals surface area contributed by atoms with Crippen molar-refractivity contribution >= 4 is 5.82 Å². The first kappa shape index (κ1) is 23.1. The summed E-state index contributed by atoms with van der Waals surface area (Å²) in [5.74, 6) is 1.93. The van der Waals surface area contributed by atoms with Crippen molar-refractivity contribution in [2.24, 2.45) is 0 Å². The minimum Gasteiger partial charge on any atom is -0.489 e. The Kier molecular flexibility index (Phi) is 6.15. The molecule has 36 heavy (non-hydrogen) atoms. The van der Waals surface area contributed by atoms with Crippen molar-refractivity contribution in [3.63, 3.8) is 0 Å². The van der Waals surface area contributed by atoms with Crippen molar-refractivity contribution in [2.45, 2.75) is 25.7 Å². The molecule has 0 fully saturated rings. The lowest BCUT2D eigenvalue weighted by Gasteiger charge is -2.22. The van der Waals surface area contributed by atoms with Crippen LogP contribution in [-0.2, 0) is 13.2 Å². The highest BCUT2D eigenvalue weighted by Gasteiger charge is 2.41. The predicted octanol–water partition coefficient (Wildman–Crippen LogP) is 4.56. The molecule has 0 amide bonds. The topological polar surface area (TPSA) is 124 Å². The average molecular weight is 496 g/mol. The van der Waals surface area contributed by atoms with Crippen LogP contribution in [0.3, 0.4) is 0 Å². The molecule has 0 saturated heterocycles. The number of alkyl halides is 1. The molecule has 0 unspecified atom stereocenters. The Morgan fingerprint density at radius 3 is 2.42 bits per heavy atom. The third kappa shape index (κ3) is 5.06. The van der Waals surface area contributed by atoms with Gasteiger partial charge in [0, 0.05) is 16.6 Å². The maximum absolute atomic E-state index is 12.2. The number of rotatable bonds is 10. The van der Waals surface area contributed by atoms with Gasteiger partial charge in [0.1, 0.15) is 42.4 Å². The van der Waals surface area contributed by atoms with Gasteiger partial charge in [0.2, 0.25) is 6.86 Å². The molecule has 0 bridgehead atoms. The molecule has 2 aromatic carbocycles. The van der Waals surface area contributed by atoms with E-state index in [-0.39, 0.29) is 25.0 Å². The lowest BCUT2D eigenvalue weighted by atomic mass is 10.1. The molecule has 0 aliphatic carbocycles. The Labute approximate surface area is 204 Å². The van der Waals surface area contributed by atoms with Gasteiger partial charge in [-0.15, -0.1) is 0 Å². The highest BCUT2D eigenvalue weighted by Crippen LogP contribution is 2.32. The van der Waals surface area contributed by atoms with Crippen LogP contribution < -0.4 is 18.9 Å². The predicted molar refractivity (Wildman–Crippen MR) is 123 cm³/mol. The number of hydrogen-bond donors (Lipinski definition) is 0. The van der Waals surface area contributed by atoms with Crippen LogP contribution in [0.25, 0.3) is 11.3 Å². The molecule has 0 N–H and O–H groups in total. The van der Waals surface area contributed by atoms with Gasteiger partial charge in [-0.25, -0.2) is 4.39 Å². The fourth-order valence-electron chi connectivity index (χ4n) is 3.68. The Bertz CT molecular complexity index is 1330. The molecular formula is C24H21FN4O7. The summed E-state index contributed by atoms with van der Waals surface area (Å²) in [6.45, 7) is 1.77. The number of halogens is 1. The number of nitro groups is 1. The second-order valence-electron chi connectivity index (χ2n) is 8.32. The van der Waals surface area contributed by atoms with Gasteiger partial charge in [-0.05, 0) is 60.4 Å². The fourth-order valence-corrected chi connectivity index (χ4v) is 3.68. The van der Waals surface area contributed by atoms with E-state index in [1.807, 2.05) is 31.2 Å². The number of hydrogen-bond acceptors (Lipinski definition) is 9. The van der Waals surface area contributed by atoms with E-state index in [4.69, 9.17) is 23.5 Å². The second kappa shape index (κ2) is 9.56. The van der Waals surface area contributed by atoms with Crippen LogP contribution in [0.2, 0.25) is 0 Å². The first-order valence-electron chi connectivity index (χ1n) is 10.9.